The Hall–Kier alpha value is -2.03. The molecule has 0 saturated heterocycles. The predicted octanol–water partition coefficient (Wildman–Crippen LogP) is 2.69. The zero-order valence-electron chi connectivity index (χ0n) is 11.9. The van der Waals surface area contributed by atoms with E-state index in [0.29, 0.717) is 5.56 Å². The monoisotopic (exact) mass is 333 g/mol. The maximum Gasteiger partial charge on any atom is 0.406 e. The number of rotatable bonds is 5. The molecule has 0 N–H and O–H groups in total. The summed E-state index contributed by atoms with van der Waals surface area (Å²) in [7, 11) is 2.87. The molecule has 0 spiro atoms. The van der Waals surface area contributed by atoms with E-state index in [2.05, 4.69) is 5.10 Å². The minimum atomic E-state index is -4.48. The number of carbonyl (C=O) groups is 1. The molecule has 2 rings (SSSR count). The van der Waals surface area contributed by atoms with Crippen LogP contribution in [-0.2, 0) is 13.6 Å². The van der Waals surface area contributed by atoms with E-state index in [1.54, 1.807) is 23.9 Å². The predicted molar refractivity (Wildman–Crippen MR) is 74.9 cm³/mol. The molecular weight excluding hydrogens is 319 g/mol. The van der Waals surface area contributed by atoms with Gasteiger partial charge in [-0.2, -0.15) is 24.5 Å². The summed E-state index contributed by atoms with van der Waals surface area (Å²) >= 11 is 1.36. The van der Waals surface area contributed by atoms with Gasteiger partial charge in [0.05, 0.1) is 7.11 Å². The largest absolute Gasteiger partial charge is 0.479 e. The molecule has 0 saturated carbocycles. The number of aromatic nitrogens is 2. The number of alkyl halides is 3. The summed E-state index contributed by atoms with van der Waals surface area (Å²) in [6.07, 6.45) is -3.14. The van der Waals surface area contributed by atoms with Gasteiger partial charge < -0.3 is 9.64 Å². The molecule has 120 valence electrons. The fourth-order valence-corrected chi connectivity index (χ4v) is 2.61. The van der Waals surface area contributed by atoms with Crippen LogP contribution in [0.5, 0.6) is 5.88 Å². The number of amides is 1. The first-order valence-electron chi connectivity index (χ1n) is 6.25. The van der Waals surface area contributed by atoms with Gasteiger partial charge in [0.25, 0.3) is 5.91 Å². The standard InChI is InChI=1S/C13H14F3N3O2S/c1-18-6-10(11(17-18)21-2)12(20)19(8-13(14,15)16)5-9-3-4-22-7-9/h3-4,6-7H,5,8H2,1-2H3. The number of hydrogen-bond donors (Lipinski definition) is 0. The second-order valence-corrected chi connectivity index (χ2v) is 5.41. The van der Waals surface area contributed by atoms with Gasteiger partial charge in [0.1, 0.15) is 12.1 Å². The van der Waals surface area contributed by atoms with Gasteiger partial charge in [-0.05, 0) is 22.4 Å². The number of methoxy groups -OCH3 is 1. The molecule has 0 atom stereocenters. The van der Waals surface area contributed by atoms with Gasteiger partial charge >= 0.3 is 6.18 Å². The van der Waals surface area contributed by atoms with E-state index < -0.39 is 18.6 Å². The summed E-state index contributed by atoms with van der Waals surface area (Å²) in [6.45, 7) is -1.46. The lowest BCUT2D eigenvalue weighted by Crippen LogP contribution is -2.38. The molecule has 0 unspecified atom stereocenters. The number of nitrogens with zero attached hydrogens (tertiary/aromatic N) is 3. The van der Waals surface area contributed by atoms with Crippen LogP contribution >= 0.6 is 11.3 Å². The Morgan fingerprint density at radius 3 is 2.77 bits per heavy atom. The number of aryl methyl sites for hydroxylation is 1. The van der Waals surface area contributed by atoms with E-state index in [1.165, 1.54) is 29.3 Å². The van der Waals surface area contributed by atoms with Gasteiger partial charge in [0, 0.05) is 19.8 Å². The van der Waals surface area contributed by atoms with Crippen molar-refractivity contribution in [3.63, 3.8) is 0 Å². The number of hydrogen-bond acceptors (Lipinski definition) is 4. The van der Waals surface area contributed by atoms with E-state index in [4.69, 9.17) is 4.74 Å². The maximum atomic E-state index is 12.8. The van der Waals surface area contributed by atoms with Crippen molar-refractivity contribution >= 4 is 17.2 Å². The zero-order chi connectivity index (χ0) is 16.3. The third-order valence-electron chi connectivity index (χ3n) is 2.83. The van der Waals surface area contributed by atoms with Crippen LogP contribution in [0.2, 0.25) is 0 Å². The fourth-order valence-electron chi connectivity index (χ4n) is 1.95. The van der Waals surface area contributed by atoms with Gasteiger partial charge in [0.15, 0.2) is 0 Å². The summed E-state index contributed by atoms with van der Waals surface area (Å²) in [5, 5.41) is 7.35. The van der Waals surface area contributed by atoms with Crippen LogP contribution in [-0.4, -0.2) is 40.4 Å². The quantitative estimate of drug-likeness (QED) is 0.845. The molecule has 1 amide bonds. The van der Waals surface area contributed by atoms with Crippen LogP contribution in [0.4, 0.5) is 13.2 Å². The molecular formula is C13H14F3N3O2S. The molecule has 22 heavy (non-hydrogen) atoms. The molecule has 9 heteroatoms. The molecule has 0 aliphatic carbocycles. The van der Waals surface area contributed by atoms with E-state index >= 15 is 0 Å². The van der Waals surface area contributed by atoms with Crippen LogP contribution in [0.25, 0.3) is 0 Å². The van der Waals surface area contributed by atoms with Gasteiger partial charge in [0.2, 0.25) is 5.88 Å². The molecule has 2 aromatic rings. The summed E-state index contributed by atoms with van der Waals surface area (Å²) < 4.78 is 44.5. The van der Waals surface area contributed by atoms with E-state index in [1.807, 2.05) is 0 Å². The highest BCUT2D eigenvalue weighted by Gasteiger charge is 2.34. The van der Waals surface area contributed by atoms with Crippen LogP contribution in [0.15, 0.2) is 23.0 Å². The third-order valence-corrected chi connectivity index (χ3v) is 3.56. The number of thiophene rings is 1. The Morgan fingerprint density at radius 1 is 1.50 bits per heavy atom. The van der Waals surface area contributed by atoms with Crippen molar-refractivity contribution in [1.82, 2.24) is 14.7 Å². The van der Waals surface area contributed by atoms with Crippen molar-refractivity contribution in [2.75, 3.05) is 13.7 Å². The second-order valence-electron chi connectivity index (χ2n) is 4.63. The highest BCUT2D eigenvalue weighted by Crippen LogP contribution is 2.23. The van der Waals surface area contributed by atoms with Crippen LogP contribution in [0.3, 0.4) is 0 Å². The van der Waals surface area contributed by atoms with Gasteiger partial charge in [-0.3, -0.25) is 9.48 Å². The maximum absolute atomic E-state index is 12.8. The minimum absolute atomic E-state index is 0.00415. The molecule has 0 radical (unpaired) electrons. The Balaban J connectivity index is 2.28. The highest BCUT2D eigenvalue weighted by atomic mass is 32.1. The first kappa shape index (κ1) is 16.3. The molecule has 0 bridgehead atoms. The summed E-state index contributed by atoms with van der Waals surface area (Å²) in [5.74, 6) is -0.765. The first-order valence-corrected chi connectivity index (χ1v) is 7.19. The summed E-state index contributed by atoms with van der Waals surface area (Å²) in [5.41, 5.74) is 0.648. The molecule has 0 fully saturated rings. The lowest BCUT2D eigenvalue weighted by atomic mass is 10.2. The number of ether oxygens (including phenoxy) is 1. The van der Waals surface area contributed by atoms with Crippen LogP contribution < -0.4 is 4.74 Å². The van der Waals surface area contributed by atoms with Gasteiger partial charge in [-0.1, -0.05) is 0 Å². The molecule has 0 aromatic carbocycles. The number of halogens is 3. The fraction of sp³-hybridized carbons (Fsp3) is 0.385. The summed E-state index contributed by atoms with van der Waals surface area (Å²) in [4.78, 5) is 13.2. The zero-order valence-corrected chi connectivity index (χ0v) is 12.7. The van der Waals surface area contributed by atoms with Crippen molar-refractivity contribution in [3.05, 3.63) is 34.2 Å². The summed E-state index contributed by atoms with van der Waals surface area (Å²) in [6, 6.07) is 1.68. The smallest absolute Gasteiger partial charge is 0.406 e. The minimum Gasteiger partial charge on any atom is -0.479 e. The Kier molecular flexibility index (Phi) is 4.74. The molecule has 0 aliphatic heterocycles. The van der Waals surface area contributed by atoms with Crippen molar-refractivity contribution in [2.24, 2.45) is 7.05 Å². The van der Waals surface area contributed by atoms with Gasteiger partial charge in [-0.15, -0.1) is 5.10 Å². The molecule has 2 heterocycles. The topological polar surface area (TPSA) is 47.4 Å². The number of carbonyl (C=O) groups excluding carboxylic acids is 1. The Bertz CT molecular complexity index is 637. The SMILES string of the molecule is COc1nn(C)cc1C(=O)N(Cc1ccsc1)CC(F)(F)F. The van der Waals surface area contributed by atoms with Crippen molar-refractivity contribution < 1.29 is 22.7 Å². The molecule has 5 nitrogen and oxygen atoms in total. The first-order chi connectivity index (χ1) is 10.3. The van der Waals surface area contributed by atoms with Crippen molar-refractivity contribution in [2.45, 2.75) is 12.7 Å². The Morgan fingerprint density at radius 2 is 2.23 bits per heavy atom. The molecule has 2 aromatic heterocycles. The average Bonchev–Trinajstić information content (AvgIpc) is 3.04. The third kappa shape index (κ3) is 4.00. The van der Waals surface area contributed by atoms with Crippen molar-refractivity contribution in [1.29, 1.82) is 0 Å². The van der Waals surface area contributed by atoms with Gasteiger partial charge in [-0.25, -0.2) is 0 Å². The lowest BCUT2D eigenvalue weighted by molar-refractivity contribution is -0.141. The molecule has 0 aliphatic rings. The van der Waals surface area contributed by atoms with E-state index in [-0.39, 0.29) is 18.0 Å². The van der Waals surface area contributed by atoms with Crippen molar-refractivity contribution in [3.8, 4) is 5.88 Å². The van der Waals surface area contributed by atoms with Crippen LogP contribution in [0, 0.1) is 0 Å². The Labute approximate surface area is 128 Å². The van der Waals surface area contributed by atoms with E-state index in [9.17, 15) is 18.0 Å². The van der Waals surface area contributed by atoms with E-state index in [0.717, 1.165) is 4.90 Å². The highest BCUT2D eigenvalue weighted by molar-refractivity contribution is 7.07. The lowest BCUT2D eigenvalue weighted by Gasteiger charge is -2.23. The average molecular weight is 333 g/mol. The normalized spacial score (nSPS) is 11.5. The second kappa shape index (κ2) is 6.39. The van der Waals surface area contributed by atoms with Crippen LogP contribution in [0.1, 0.15) is 15.9 Å².